The predicted octanol–water partition coefficient (Wildman–Crippen LogP) is -2.10. The first kappa shape index (κ1) is 310. The fourth-order valence-corrected chi connectivity index (χ4v) is 0. The maximum atomic E-state index is 0. The number of hydrogen-bond acceptors (Lipinski definition) is 0. The maximum absolute atomic E-state index is 0. The average Bonchev–Trinajstić information content (AvgIpc) is 0. The van der Waals surface area contributed by atoms with Gasteiger partial charge in [-0.2, -0.15) is 0 Å². The Morgan fingerprint density at radius 2 is 0.308 bits per heavy atom. The minimum absolute atomic E-state index is 0. The van der Waals surface area contributed by atoms with E-state index in [2.05, 4.69) is 0 Å². The first-order valence-electron chi connectivity index (χ1n) is 0. The van der Waals surface area contributed by atoms with E-state index in [0.717, 1.165) is 0 Å². The van der Waals surface area contributed by atoms with Crippen molar-refractivity contribution in [3.05, 3.63) is 0 Å². The van der Waals surface area contributed by atoms with Crippen LogP contribution in [0.5, 0.6) is 0 Å². The van der Waals surface area contributed by atoms with Crippen LogP contribution in [0.15, 0.2) is 0 Å². The van der Waals surface area contributed by atoms with E-state index in [0.29, 0.717) is 0 Å². The van der Waals surface area contributed by atoms with Gasteiger partial charge in [-0.05, 0) is 0 Å². The van der Waals surface area contributed by atoms with Crippen molar-refractivity contribution < 1.29 is 80.9 Å². The van der Waals surface area contributed by atoms with Gasteiger partial charge in [-0.3, -0.25) is 0 Å². The molecule has 0 aliphatic rings. The Balaban J connectivity index is 0. The molecule has 0 heterocycles. The van der Waals surface area contributed by atoms with Crippen molar-refractivity contribution in [2.75, 3.05) is 0 Å². The van der Waals surface area contributed by atoms with Crippen LogP contribution in [0.2, 0.25) is 0 Å². The van der Waals surface area contributed by atoms with Gasteiger partial charge in [-0.25, -0.2) is 0 Å². The Kier molecular flexibility index (Phi) is 6090. The van der Waals surface area contributed by atoms with Gasteiger partial charge in [0.05, 0.1) is 0 Å². The van der Waals surface area contributed by atoms with Gasteiger partial charge in [0, 0.05) is 100 Å². The van der Waals surface area contributed by atoms with Crippen LogP contribution in [0, 0.1) is 0 Å². The second kappa shape index (κ2) is 255. The van der Waals surface area contributed by atoms with Crippen LogP contribution in [-0.2, 0) is 80.9 Å². The summed E-state index contributed by atoms with van der Waals surface area (Å²) in [5.41, 5.74) is 0. The van der Waals surface area contributed by atoms with E-state index in [9.17, 15) is 0 Å². The molecule has 0 N–H and O–H groups in total. The van der Waals surface area contributed by atoms with Crippen LogP contribution in [-0.4, -0.2) is 81.9 Å². The van der Waals surface area contributed by atoms with Crippen LogP contribution in [0.1, 0.15) is 0 Å². The zero-order valence-electron chi connectivity index (χ0n) is 5.66. The summed E-state index contributed by atoms with van der Waals surface area (Å²) in [5, 5.41) is 0. The standard InChI is InChI=1S/8O.3Pb.2V/q8*-2;;;;;+4. The van der Waals surface area contributed by atoms with Crippen molar-refractivity contribution in [2.24, 2.45) is 0 Å². The zero-order valence-corrected chi connectivity index (χ0v) is 20.1. The summed E-state index contributed by atoms with van der Waals surface area (Å²) in [7, 11) is 0. The SMILES string of the molecule is [O-2].[O-2].[O-2].[O-2].[O-2].[O-2].[O-2].[O-2].[Pb].[Pb].[Pb].[V+4].[V]. The minimum Gasteiger partial charge on any atom is -2.00 e. The molecular formula is O8Pb3V2-12. The van der Waals surface area contributed by atoms with Crippen molar-refractivity contribution in [3.63, 3.8) is 0 Å². The topological polar surface area (TPSA) is 228 Å². The van der Waals surface area contributed by atoms with E-state index in [1.807, 2.05) is 0 Å². The molecule has 0 aromatic heterocycles. The van der Waals surface area contributed by atoms with Crippen LogP contribution in [0.3, 0.4) is 0 Å². The molecule has 0 rings (SSSR count). The Bertz CT molecular complexity index is 17.4. The van der Waals surface area contributed by atoms with Crippen molar-refractivity contribution in [2.45, 2.75) is 0 Å². The molecule has 0 aromatic rings. The van der Waals surface area contributed by atoms with Gasteiger partial charge in [0.25, 0.3) is 0 Å². The fourth-order valence-electron chi connectivity index (χ4n) is 0. The van der Waals surface area contributed by atoms with Crippen LogP contribution in [0.25, 0.3) is 0 Å². The first-order chi connectivity index (χ1) is 0. The fraction of sp³-hybridized carbons (Fsp3) is 0. The molecule has 14 radical (unpaired) electrons. The van der Waals surface area contributed by atoms with E-state index in [4.69, 9.17) is 0 Å². The molecule has 0 saturated heterocycles. The van der Waals surface area contributed by atoms with Crippen molar-refractivity contribution >= 4 is 81.9 Å². The van der Waals surface area contributed by atoms with E-state index < -0.39 is 0 Å². The third-order valence-corrected chi connectivity index (χ3v) is 0. The summed E-state index contributed by atoms with van der Waals surface area (Å²) < 4.78 is 0. The first-order valence-corrected chi connectivity index (χ1v) is 0. The molecule has 0 spiro atoms. The van der Waals surface area contributed by atoms with Gasteiger partial charge < -0.3 is 43.8 Å². The zero-order chi connectivity index (χ0) is 0. The summed E-state index contributed by atoms with van der Waals surface area (Å²) in [6, 6.07) is 0. The van der Waals surface area contributed by atoms with Gasteiger partial charge in [-0.15, -0.1) is 0 Å². The molecule has 0 fully saturated rings. The summed E-state index contributed by atoms with van der Waals surface area (Å²) in [6.07, 6.45) is 0. The molecule has 0 saturated carbocycles. The molecule has 0 amide bonds. The van der Waals surface area contributed by atoms with Gasteiger partial charge in [0.2, 0.25) is 0 Å². The second-order valence-electron chi connectivity index (χ2n) is 0. The maximum Gasteiger partial charge on any atom is 4.00 e. The molecule has 82 valence electrons. The normalized spacial score (nSPS) is 0. The van der Waals surface area contributed by atoms with Crippen molar-refractivity contribution in [1.29, 1.82) is 0 Å². The molecular weight excluding hydrogens is 851 g/mol. The van der Waals surface area contributed by atoms with E-state index in [1.165, 1.54) is 0 Å². The molecule has 0 atom stereocenters. The Morgan fingerprint density at radius 1 is 0.308 bits per heavy atom. The molecule has 0 bridgehead atoms. The molecule has 0 aliphatic carbocycles. The van der Waals surface area contributed by atoms with Crippen LogP contribution < -0.4 is 0 Å². The largest absolute Gasteiger partial charge is 4.00 e. The second-order valence-corrected chi connectivity index (χ2v) is 0. The molecule has 13 heavy (non-hydrogen) atoms. The molecule has 0 aliphatic heterocycles. The number of hydrogen-bond donors (Lipinski definition) is 0. The monoisotopic (exact) mass is 854 g/mol. The smallest absolute Gasteiger partial charge is 2.00 e. The van der Waals surface area contributed by atoms with E-state index in [1.54, 1.807) is 0 Å². The summed E-state index contributed by atoms with van der Waals surface area (Å²) >= 11 is 0. The summed E-state index contributed by atoms with van der Waals surface area (Å²) in [5.74, 6) is 0. The van der Waals surface area contributed by atoms with Crippen LogP contribution in [0.4, 0.5) is 0 Å². The van der Waals surface area contributed by atoms with E-state index >= 15 is 0 Å². The average molecular weight is 851 g/mol. The third-order valence-electron chi connectivity index (χ3n) is 0. The van der Waals surface area contributed by atoms with Crippen molar-refractivity contribution in [1.82, 2.24) is 0 Å². The summed E-state index contributed by atoms with van der Waals surface area (Å²) in [4.78, 5) is 0. The molecule has 8 nitrogen and oxygen atoms in total. The molecule has 0 aromatic carbocycles. The third kappa shape index (κ3) is 221. The molecule has 13 heteroatoms. The molecule has 0 unspecified atom stereocenters. The Hall–Kier alpha value is 3.62. The quantitative estimate of drug-likeness (QED) is 0.239. The van der Waals surface area contributed by atoms with Crippen molar-refractivity contribution in [3.8, 4) is 0 Å². The van der Waals surface area contributed by atoms with Gasteiger partial charge in [0.1, 0.15) is 0 Å². The summed E-state index contributed by atoms with van der Waals surface area (Å²) in [6.45, 7) is 0. The Labute approximate surface area is 160 Å². The van der Waals surface area contributed by atoms with E-state index in [-0.39, 0.29) is 163 Å². The predicted molar refractivity (Wildman–Crippen MR) is 22.8 cm³/mol. The Morgan fingerprint density at radius 3 is 0.308 bits per heavy atom. The van der Waals surface area contributed by atoms with Crippen LogP contribution >= 0.6 is 0 Å². The van der Waals surface area contributed by atoms with Gasteiger partial charge in [0.15, 0.2) is 0 Å². The van der Waals surface area contributed by atoms with Gasteiger partial charge in [-0.1, -0.05) is 0 Å². The van der Waals surface area contributed by atoms with Gasteiger partial charge >= 0.3 is 18.6 Å². The number of rotatable bonds is 0. The minimum atomic E-state index is 0.